The number of hydrogen-bond donors (Lipinski definition) is 0. The molecule has 0 aliphatic carbocycles. The third-order valence-electron chi connectivity index (χ3n) is 2.51. The fourth-order valence-corrected chi connectivity index (χ4v) is 4.66. The number of sulfone groups is 1. The van der Waals surface area contributed by atoms with E-state index in [1.165, 1.54) is 11.3 Å². The molecule has 96 valence electrons. The van der Waals surface area contributed by atoms with Gasteiger partial charge in [-0.25, -0.2) is 13.4 Å². The van der Waals surface area contributed by atoms with Crippen LogP contribution in [0.15, 0.2) is 34.2 Å². The molecule has 0 unspecified atom stereocenters. The standard InChI is InChI=1S/C12H12BrNO2S2/c1-9-6-11(13)3-2-10(9)7-18(15,16)8-12-14-4-5-17-12/h2-6H,7-8H2,1H3. The number of nitrogens with zero attached hydrogens (tertiary/aromatic N) is 1. The lowest BCUT2D eigenvalue weighted by Crippen LogP contribution is -2.08. The Morgan fingerprint density at radius 2 is 2.11 bits per heavy atom. The molecule has 1 aromatic heterocycles. The molecule has 2 aromatic rings. The van der Waals surface area contributed by atoms with Crippen molar-refractivity contribution in [2.24, 2.45) is 0 Å². The number of rotatable bonds is 4. The van der Waals surface area contributed by atoms with Gasteiger partial charge in [-0.3, -0.25) is 0 Å². The topological polar surface area (TPSA) is 47.0 Å². The highest BCUT2D eigenvalue weighted by molar-refractivity contribution is 9.10. The van der Waals surface area contributed by atoms with Gasteiger partial charge in [0.25, 0.3) is 0 Å². The van der Waals surface area contributed by atoms with Crippen molar-refractivity contribution in [3.8, 4) is 0 Å². The maximum atomic E-state index is 12.1. The van der Waals surface area contributed by atoms with E-state index in [0.717, 1.165) is 15.6 Å². The van der Waals surface area contributed by atoms with E-state index >= 15 is 0 Å². The van der Waals surface area contributed by atoms with Crippen LogP contribution in [0, 0.1) is 6.92 Å². The summed E-state index contributed by atoms with van der Waals surface area (Å²) >= 11 is 4.74. The van der Waals surface area contributed by atoms with Crippen molar-refractivity contribution in [2.75, 3.05) is 0 Å². The van der Waals surface area contributed by atoms with Crippen LogP contribution in [0.5, 0.6) is 0 Å². The Labute approximate surface area is 119 Å². The molecule has 0 amide bonds. The van der Waals surface area contributed by atoms with Crippen molar-refractivity contribution >= 4 is 37.1 Å². The highest BCUT2D eigenvalue weighted by Gasteiger charge is 2.16. The van der Waals surface area contributed by atoms with Crippen LogP contribution in [0.1, 0.15) is 16.1 Å². The van der Waals surface area contributed by atoms with E-state index in [0.29, 0.717) is 5.01 Å². The average molecular weight is 346 g/mol. The first-order chi connectivity index (χ1) is 8.46. The predicted molar refractivity (Wildman–Crippen MR) is 77.3 cm³/mol. The van der Waals surface area contributed by atoms with E-state index < -0.39 is 9.84 Å². The van der Waals surface area contributed by atoms with Crippen LogP contribution < -0.4 is 0 Å². The maximum Gasteiger partial charge on any atom is 0.160 e. The van der Waals surface area contributed by atoms with E-state index in [4.69, 9.17) is 0 Å². The van der Waals surface area contributed by atoms with Gasteiger partial charge in [-0.2, -0.15) is 0 Å². The van der Waals surface area contributed by atoms with E-state index in [-0.39, 0.29) is 11.5 Å². The van der Waals surface area contributed by atoms with E-state index in [2.05, 4.69) is 20.9 Å². The second kappa shape index (κ2) is 5.50. The first kappa shape index (κ1) is 13.7. The van der Waals surface area contributed by atoms with Crippen molar-refractivity contribution in [1.29, 1.82) is 0 Å². The summed E-state index contributed by atoms with van der Waals surface area (Å²) in [6, 6.07) is 5.63. The molecule has 1 heterocycles. The van der Waals surface area contributed by atoms with Crippen LogP contribution in [0.2, 0.25) is 0 Å². The summed E-state index contributed by atoms with van der Waals surface area (Å²) < 4.78 is 25.1. The van der Waals surface area contributed by atoms with Gasteiger partial charge in [0.05, 0.1) is 5.75 Å². The molecule has 3 nitrogen and oxygen atoms in total. The highest BCUT2D eigenvalue weighted by atomic mass is 79.9. The van der Waals surface area contributed by atoms with Crippen LogP contribution >= 0.6 is 27.3 Å². The van der Waals surface area contributed by atoms with Gasteiger partial charge in [-0.05, 0) is 30.2 Å². The van der Waals surface area contributed by atoms with Gasteiger partial charge < -0.3 is 0 Å². The third kappa shape index (κ3) is 3.63. The third-order valence-corrected chi connectivity index (χ3v) is 5.43. The zero-order valence-corrected chi connectivity index (χ0v) is 13.0. The van der Waals surface area contributed by atoms with E-state index in [1.807, 2.05) is 25.1 Å². The van der Waals surface area contributed by atoms with Crippen LogP contribution in [-0.2, 0) is 21.3 Å². The van der Waals surface area contributed by atoms with Crippen LogP contribution in [0.25, 0.3) is 0 Å². The minimum Gasteiger partial charge on any atom is -0.249 e. The van der Waals surface area contributed by atoms with E-state index in [1.54, 1.807) is 11.6 Å². The second-order valence-corrected chi connectivity index (χ2v) is 7.99. The zero-order valence-electron chi connectivity index (χ0n) is 9.76. The number of thiazole rings is 1. The molecular weight excluding hydrogens is 334 g/mol. The zero-order chi connectivity index (χ0) is 13.2. The number of hydrogen-bond acceptors (Lipinski definition) is 4. The molecule has 0 fully saturated rings. The summed E-state index contributed by atoms with van der Waals surface area (Å²) in [6.07, 6.45) is 1.63. The molecule has 0 saturated heterocycles. The molecule has 0 saturated carbocycles. The summed E-state index contributed by atoms with van der Waals surface area (Å²) in [5.41, 5.74) is 1.82. The molecule has 0 radical (unpaired) electrons. The van der Waals surface area contributed by atoms with Crippen molar-refractivity contribution in [3.63, 3.8) is 0 Å². The molecule has 1 aromatic carbocycles. The highest BCUT2D eigenvalue weighted by Crippen LogP contribution is 2.20. The molecule has 0 aliphatic heterocycles. The molecule has 0 spiro atoms. The van der Waals surface area contributed by atoms with Gasteiger partial charge in [0, 0.05) is 16.0 Å². The lowest BCUT2D eigenvalue weighted by atomic mass is 10.1. The van der Waals surface area contributed by atoms with Crippen molar-refractivity contribution in [3.05, 3.63) is 50.4 Å². The monoisotopic (exact) mass is 345 g/mol. The second-order valence-electron chi connectivity index (χ2n) is 4.03. The molecule has 0 aliphatic rings. The number of aromatic nitrogens is 1. The van der Waals surface area contributed by atoms with Crippen molar-refractivity contribution in [2.45, 2.75) is 18.4 Å². The smallest absolute Gasteiger partial charge is 0.160 e. The first-order valence-corrected chi connectivity index (χ1v) is 8.79. The predicted octanol–water partition coefficient (Wildman–Crippen LogP) is 3.33. The van der Waals surface area contributed by atoms with Crippen molar-refractivity contribution in [1.82, 2.24) is 4.98 Å². The van der Waals surface area contributed by atoms with Gasteiger partial charge >= 0.3 is 0 Å². The molecule has 6 heteroatoms. The normalized spacial score (nSPS) is 11.7. The average Bonchev–Trinajstić information content (AvgIpc) is 2.74. The van der Waals surface area contributed by atoms with Gasteiger partial charge in [0.1, 0.15) is 10.8 Å². The van der Waals surface area contributed by atoms with Crippen molar-refractivity contribution < 1.29 is 8.42 Å². The number of benzene rings is 1. The van der Waals surface area contributed by atoms with Crippen LogP contribution in [0.3, 0.4) is 0 Å². The number of halogens is 1. The summed E-state index contributed by atoms with van der Waals surface area (Å²) in [5, 5.41) is 2.43. The Bertz CT molecular complexity index is 636. The number of aryl methyl sites for hydroxylation is 1. The Kier molecular flexibility index (Phi) is 4.19. The summed E-state index contributed by atoms with van der Waals surface area (Å²) in [4.78, 5) is 4.01. The van der Waals surface area contributed by atoms with Gasteiger partial charge in [0.2, 0.25) is 0 Å². The fourth-order valence-electron chi connectivity index (χ4n) is 1.62. The molecule has 0 bridgehead atoms. The summed E-state index contributed by atoms with van der Waals surface area (Å²) in [7, 11) is -3.16. The molecular formula is C12H12BrNO2S2. The largest absolute Gasteiger partial charge is 0.249 e. The Morgan fingerprint density at radius 1 is 1.33 bits per heavy atom. The lowest BCUT2D eigenvalue weighted by Gasteiger charge is -2.06. The maximum absolute atomic E-state index is 12.1. The Morgan fingerprint density at radius 3 is 2.72 bits per heavy atom. The fraction of sp³-hybridized carbons (Fsp3) is 0.250. The first-order valence-electron chi connectivity index (χ1n) is 5.30. The quantitative estimate of drug-likeness (QED) is 0.853. The molecule has 0 atom stereocenters. The van der Waals surface area contributed by atoms with Gasteiger partial charge in [0.15, 0.2) is 9.84 Å². The van der Waals surface area contributed by atoms with Gasteiger partial charge in [-0.15, -0.1) is 11.3 Å². The minimum absolute atomic E-state index is 0.0141. The minimum atomic E-state index is -3.16. The van der Waals surface area contributed by atoms with Crippen LogP contribution in [-0.4, -0.2) is 13.4 Å². The Balaban J connectivity index is 2.17. The molecule has 0 N–H and O–H groups in total. The van der Waals surface area contributed by atoms with E-state index in [9.17, 15) is 8.42 Å². The molecule has 2 rings (SSSR count). The molecule has 18 heavy (non-hydrogen) atoms. The Hall–Kier alpha value is -0.720. The summed E-state index contributed by atoms with van der Waals surface area (Å²) in [6.45, 7) is 1.92. The summed E-state index contributed by atoms with van der Waals surface area (Å²) in [5.74, 6) is 0.0753. The SMILES string of the molecule is Cc1cc(Br)ccc1CS(=O)(=O)Cc1nccs1. The van der Waals surface area contributed by atoms with Gasteiger partial charge in [-0.1, -0.05) is 22.0 Å². The van der Waals surface area contributed by atoms with Crippen LogP contribution in [0.4, 0.5) is 0 Å². The lowest BCUT2D eigenvalue weighted by molar-refractivity contribution is 0.594.